The summed E-state index contributed by atoms with van der Waals surface area (Å²) in [6.45, 7) is 1.39. The summed E-state index contributed by atoms with van der Waals surface area (Å²) < 4.78 is 9.80. The van der Waals surface area contributed by atoms with Crippen molar-refractivity contribution in [2.24, 2.45) is 0 Å². The van der Waals surface area contributed by atoms with Crippen LogP contribution in [0.1, 0.15) is 6.92 Å². The second-order valence-electron chi connectivity index (χ2n) is 0.942. The summed E-state index contributed by atoms with van der Waals surface area (Å²) in [4.78, 5) is 8.08. The quantitative estimate of drug-likeness (QED) is 0.530. The Morgan fingerprint density at radius 3 is 2.29 bits per heavy atom. The van der Waals surface area contributed by atoms with Crippen molar-refractivity contribution in [1.29, 1.82) is 0 Å². The lowest BCUT2D eigenvalue weighted by Crippen LogP contribution is -1.74. The molecular formula is C2H6O3P2. The van der Waals surface area contributed by atoms with Gasteiger partial charge in [0.15, 0.2) is 0 Å². The first-order chi connectivity index (χ1) is 3.13. The first-order valence-electron chi connectivity index (χ1n) is 1.60. The molecule has 7 heavy (non-hydrogen) atoms. The third kappa shape index (κ3) is 6.32. The van der Waals surface area contributed by atoms with Gasteiger partial charge in [-0.2, -0.15) is 0 Å². The second-order valence-corrected chi connectivity index (χ2v) is 4.20. The van der Waals surface area contributed by atoms with Crippen molar-refractivity contribution in [3.63, 3.8) is 0 Å². The Bertz CT molecular complexity index is 104. The van der Waals surface area contributed by atoms with Gasteiger partial charge < -0.3 is 10.00 Å². The van der Waals surface area contributed by atoms with Crippen molar-refractivity contribution >= 4 is 21.1 Å². The maximum Gasteiger partial charge on any atom is 0.237 e. The van der Waals surface area contributed by atoms with Crippen LogP contribution in [0.25, 0.3) is 0 Å². The zero-order chi connectivity index (χ0) is 5.86. The molecule has 5 heteroatoms. The Balaban J connectivity index is 3.68. The summed E-state index contributed by atoms with van der Waals surface area (Å²) in [5.74, 6) is 0. The fourth-order valence-electron chi connectivity index (χ4n) is 0.138. The third-order valence-electron chi connectivity index (χ3n) is 0.257. The van der Waals surface area contributed by atoms with Gasteiger partial charge in [0.05, 0.1) is 5.48 Å². The van der Waals surface area contributed by atoms with Gasteiger partial charge in [0, 0.05) is 7.89 Å². The van der Waals surface area contributed by atoms with Gasteiger partial charge in [-0.25, -0.2) is 0 Å². The molecule has 0 amide bonds. The smallest absolute Gasteiger partial charge is 0.237 e. The second kappa shape index (κ2) is 3.34. The zero-order valence-corrected chi connectivity index (χ0v) is 5.64. The lowest BCUT2D eigenvalue weighted by atomic mass is 10.9. The number of aliphatic hydroxyl groups excluding tert-OH is 1. The van der Waals surface area contributed by atoms with Crippen molar-refractivity contribution < 1.29 is 14.6 Å². The van der Waals surface area contributed by atoms with E-state index < -0.39 is 7.72 Å². The van der Waals surface area contributed by atoms with Crippen molar-refractivity contribution in [1.82, 2.24) is 0 Å². The highest BCUT2D eigenvalue weighted by Gasteiger charge is 1.83. The predicted octanol–water partition coefficient (Wildman–Crippen LogP) is 0.837. The van der Waals surface area contributed by atoms with E-state index in [2.05, 4.69) is 0 Å². The minimum absolute atomic E-state index is 0.00797. The standard InChI is InChI=1S/C2H6O3P2/c1-2(3)6-7(4)5/h3,7H,1H3,(H,4,5). The van der Waals surface area contributed by atoms with Crippen LogP contribution in [-0.2, 0) is 4.57 Å². The Labute approximate surface area is 43.6 Å². The monoisotopic (exact) mass is 140 g/mol. The van der Waals surface area contributed by atoms with Crippen molar-refractivity contribution in [2.45, 2.75) is 6.92 Å². The summed E-state index contributed by atoms with van der Waals surface area (Å²) in [6.07, 6.45) is 0. The fraction of sp³-hybridized carbons (Fsp3) is 0.500. The van der Waals surface area contributed by atoms with E-state index in [0.29, 0.717) is 0 Å². The summed E-state index contributed by atoms with van der Waals surface area (Å²) in [5.41, 5.74) is -0.00797. The van der Waals surface area contributed by atoms with Gasteiger partial charge in [0.25, 0.3) is 0 Å². The van der Waals surface area contributed by atoms with Crippen molar-refractivity contribution in [3.05, 3.63) is 0 Å². The Hall–Kier alpha value is 0.320. The SMILES string of the molecule is CC(O)=P[PH](=O)O. The van der Waals surface area contributed by atoms with Crippen LogP contribution in [-0.4, -0.2) is 15.5 Å². The van der Waals surface area contributed by atoms with Gasteiger partial charge >= 0.3 is 0 Å². The Morgan fingerprint density at radius 2 is 2.29 bits per heavy atom. The van der Waals surface area contributed by atoms with E-state index in [9.17, 15) is 4.57 Å². The topological polar surface area (TPSA) is 57.5 Å². The van der Waals surface area contributed by atoms with Crippen LogP contribution in [0.2, 0.25) is 0 Å². The molecule has 0 rings (SSSR count). The molecule has 0 saturated heterocycles. The molecule has 0 bridgehead atoms. The fourth-order valence-corrected chi connectivity index (χ4v) is 1.25. The average Bonchev–Trinajstić information content (AvgIpc) is 1.27. The van der Waals surface area contributed by atoms with Gasteiger partial charge in [-0.05, 0) is 6.92 Å². The predicted molar refractivity (Wildman–Crippen MR) is 30.8 cm³/mol. The van der Waals surface area contributed by atoms with E-state index in [0.717, 1.165) is 0 Å². The number of aliphatic hydroxyl groups is 1. The first-order valence-corrected chi connectivity index (χ1v) is 4.69. The molecule has 3 nitrogen and oxygen atoms in total. The van der Waals surface area contributed by atoms with E-state index in [4.69, 9.17) is 10.00 Å². The molecular weight excluding hydrogens is 134 g/mol. The zero-order valence-electron chi connectivity index (χ0n) is 3.75. The molecule has 0 aliphatic heterocycles. The minimum Gasteiger partial charge on any atom is -0.361 e. The molecule has 1 unspecified atom stereocenters. The molecule has 0 aliphatic rings. The molecule has 0 heterocycles. The highest BCUT2D eigenvalue weighted by molar-refractivity contribution is 8.11. The van der Waals surface area contributed by atoms with E-state index in [1.165, 1.54) is 6.92 Å². The van der Waals surface area contributed by atoms with Crippen molar-refractivity contribution in [3.8, 4) is 0 Å². The van der Waals surface area contributed by atoms with E-state index in [1.807, 2.05) is 0 Å². The van der Waals surface area contributed by atoms with Crippen LogP contribution in [0, 0.1) is 0 Å². The highest BCUT2D eigenvalue weighted by Crippen LogP contribution is 2.31. The van der Waals surface area contributed by atoms with Crippen molar-refractivity contribution in [2.75, 3.05) is 0 Å². The average molecular weight is 140 g/mol. The van der Waals surface area contributed by atoms with Crippen LogP contribution in [0.3, 0.4) is 0 Å². The molecule has 0 aromatic rings. The van der Waals surface area contributed by atoms with Gasteiger partial charge in [-0.3, -0.25) is 4.57 Å². The van der Waals surface area contributed by atoms with Crippen LogP contribution in [0.5, 0.6) is 0 Å². The van der Waals surface area contributed by atoms with Crippen LogP contribution >= 0.6 is 15.6 Å². The molecule has 0 saturated carbocycles. The lowest BCUT2D eigenvalue weighted by Gasteiger charge is -1.79. The summed E-state index contributed by atoms with van der Waals surface area (Å²) in [7, 11) is -2.35. The first kappa shape index (κ1) is 7.32. The molecule has 0 radical (unpaired) electrons. The van der Waals surface area contributed by atoms with Gasteiger partial charge in [-0.1, -0.05) is 0 Å². The molecule has 0 aromatic carbocycles. The van der Waals surface area contributed by atoms with E-state index in [-0.39, 0.29) is 13.4 Å². The van der Waals surface area contributed by atoms with Gasteiger partial charge in [0.1, 0.15) is 0 Å². The molecule has 2 N–H and O–H groups in total. The minimum atomic E-state index is -2.50. The normalized spacial score (nSPS) is 16.7. The summed E-state index contributed by atoms with van der Waals surface area (Å²) in [6, 6.07) is 0. The van der Waals surface area contributed by atoms with Gasteiger partial charge in [0.2, 0.25) is 7.72 Å². The largest absolute Gasteiger partial charge is 0.361 e. The number of hydrogen-bond acceptors (Lipinski definition) is 1. The van der Waals surface area contributed by atoms with E-state index >= 15 is 0 Å². The molecule has 0 aliphatic carbocycles. The third-order valence-corrected chi connectivity index (χ3v) is 2.32. The van der Waals surface area contributed by atoms with Crippen LogP contribution < -0.4 is 0 Å². The molecule has 42 valence electrons. The maximum absolute atomic E-state index is 9.80. The van der Waals surface area contributed by atoms with Gasteiger partial charge in [-0.15, -0.1) is 0 Å². The molecule has 0 spiro atoms. The van der Waals surface area contributed by atoms with Crippen LogP contribution in [0.15, 0.2) is 0 Å². The molecule has 0 aromatic heterocycles. The molecule has 0 fully saturated rings. The highest BCUT2D eigenvalue weighted by atomic mass is 32.0. The van der Waals surface area contributed by atoms with Crippen LogP contribution in [0.4, 0.5) is 0 Å². The number of hydrogen-bond donors (Lipinski definition) is 2. The lowest BCUT2D eigenvalue weighted by molar-refractivity contribution is 0.519. The van der Waals surface area contributed by atoms with E-state index in [1.54, 1.807) is 0 Å². The Kier molecular flexibility index (Phi) is 3.49. The Morgan fingerprint density at radius 1 is 1.86 bits per heavy atom. The number of rotatable bonds is 1. The maximum atomic E-state index is 9.80. The molecule has 1 atom stereocenters. The summed E-state index contributed by atoms with van der Waals surface area (Å²) in [5, 5.41) is 8.29. The summed E-state index contributed by atoms with van der Waals surface area (Å²) >= 11 is 0.